The Morgan fingerprint density at radius 1 is 0.897 bits per heavy atom. The van der Waals surface area contributed by atoms with Crippen molar-refractivity contribution in [2.45, 2.75) is 6.92 Å². The molecule has 0 fully saturated rings. The van der Waals surface area contributed by atoms with Gasteiger partial charge in [0.25, 0.3) is 0 Å². The lowest BCUT2D eigenvalue weighted by Gasteiger charge is -2.13. The molecule has 0 atom stereocenters. The summed E-state index contributed by atoms with van der Waals surface area (Å²) < 4.78 is 4.70. The highest BCUT2D eigenvalue weighted by molar-refractivity contribution is 6.35. The molecule has 146 valence electrons. The van der Waals surface area contributed by atoms with Crippen LogP contribution in [0.15, 0.2) is 47.1 Å². The third-order valence-electron chi connectivity index (χ3n) is 3.76. The fraction of sp³-hybridized carbons (Fsp3) is 0.0556. The van der Waals surface area contributed by atoms with E-state index in [4.69, 9.17) is 27.8 Å². The van der Waals surface area contributed by atoms with Crippen LogP contribution in [0.2, 0.25) is 10.0 Å². The number of halogens is 2. The van der Waals surface area contributed by atoms with E-state index in [0.717, 1.165) is 0 Å². The van der Waals surface area contributed by atoms with E-state index in [-0.39, 0.29) is 17.2 Å². The Hall–Kier alpha value is -3.43. The number of benzene rings is 2. The Morgan fingerprint density at radius 3 is 2.17 bits per heavy atom. The van der Waals surface area contributed by atoms with E-state index >= 15 is 0 Å². The van der Waals surface area contributed by atoms with Crippen molar-refractivity contribution in [1.29, 1.82) is 0 Å². The van der Waals surface area contributed by atoms with Gasteiger partial charge in [-0.05, 0) is 52.8 Å². The Labute approximate surface area is 174 Å². The normalized spacial score (nSPS) is 10.7. The molecule has 2 aromatic heterocycles. The van der Waals surface area contributed by atoms with Crippen LogP contribution in [0.25, 0.3) is 11.3 Å². The first-order valence-electron chi connectivity index (χ1n) is 8.35. The van der Waals surface area contributed by atoms with Crippen LogP contribution in [-0.4, -0.2) is 26.2 Å². The quantitative estimate of drug-likeness (QED) is 0.415. The summed E-state index contributed by atoms with van der Waals surface area (Å²) in [6.07, 6.45) is 0. The lowest BCUT2D eigenvalue weighted by Crippen LogP contribution is -2.06. The van der Waals surface area contributed by atoms with Gasteiger partial charge in [-0.15, -0.1) is 0 Å². The van der Waals surface area contributed by atoms with Crippen LogP contribution < -0.4 is 16.0 Å². The van der Waals surface area contributed by atoms with Crippen LogP contribution in [0.4, 0.5) is 28.7 Å². The number of anilines is 5. The molecule has 0 aliphatic carbocycles. The van der Waals surface area contributed by atoms with Gasteiger partial charge in [-0.2, -0.15) is 0 Å². The maximum Gasteiger partial charge on any atom is 0.245 e. The zero-order valence-electron chi connectivity index (χ0n) is 14.9. The molecule has 0 spiro atoms. The topological polar surface area (TPSA) is 118 Å². The first-order valence-corrected chi connectivity index (χ1v) is 9.10. The van der Waals surface area contributed by atoms with Crippen molar-refractivity contribution in [3.63, 3.8) is 0 Å². The monoisotopic (exact) mass is 429 g/mol. The summed E-state index contributed by atoms with van der Waals surface area (Å²) in [6.45, 7) is 1.45. The fourth-order valence-corrected chi connectivity index (χ4v) is 2.85. The molecule has 29 heavy (non-hydrogen) atoms. The number of carbonyl (C=O) groups is 1. The lowest BCUT2D eigenvalue weighted by atomic mass is 10.2. The maximum atomic E-state index is 11.2. The molecule has 11 heteroatoms. The van der Waals surface area contributed by atoms with E-state index in [9.17, 15) is 4.79 Å². The number of aromatic nitrogens is 4. The molecule has 0 saturated heterocycles. The van der Waals surface area contributed by atoms with Gasteiger partial charge < -0.3 is 16.0 Å². The molecule has 9 nitrogen and oxygen atoms in total. The van der Waals surface area contributed by atoms with Crippen molar-refractivity contribution in [2.75, 3.05) is 16.0 Å². The van der Waals surface area contributed by atoms with Gasteiger partial charge in [-0.25, -0.2) is 14.6 Å². The summed E-state index contributed by atoms with van der Waals surface area (Å²) in [4.78, 5) is 20.0. The van der Waals surface area contributed by atoms with Crippen molar-refractivity contribution >= 4 is 69.1 Å². The minimum atomic E-state index is -0.148. The average Bonchev–Trinajstić information content (AvgIpc) is 3.13. The number of nitrogens with zero attached hydrogens (tertiary/aromatic N) is 4. The van der Waals surface area contributed by atoms with E-state index in [0.29, 0.717) is 38.7 Å². The highest BCUT2D eigenvalue weighted by atomic mass is 35.5. The predicted molar refractivity (Wildman–Crippen MR) is 111 cm³/mol. The lowest BCUT2D eigenvalue weighted by molar-refractivity contribution is -0.114. The largest absolute Gasteiger partial charge is 0.337 e. The summed E-state index contributed by atoms with van der Waals surface area (Å²) >= 11 is 12.3. The Bertz CT molecular complexity index is 1190. The molecule has 0 saturated carbocycles. The zero-order valence-corrected chi connectivity index (χ0v) is 16.4. The molecule has 0 radical (unpaired) electrons. The first kappa shape index (κ1) is 18.9. The van der Waals surface area contributed by atoms with E-state index in [2.05, 4.69) is 36.2 Å². The third kappa shape index (κ3) is 4.36. The minimum absolute atomic E-state index is 0.148. The third-order valence-corrected chi connectivity index (χ3v) is 4.33. The molecule has 0 aliphatic rings. The predicted octanol–water partition coefficient (Wildman–Crippen LogP) is 4.77. The van der Waals surface area contributed by atoms with Crippen molar-refractivity contribution < 1.29 is 9.42 Å². The smallest absolute Gasteiger partial charge is 0.245 e. The first-order chi connectivity index (χ1) is 14.0. The molecule has 2 heterocycles. The van der Waals surface area contributed by atoms with Crippen LogP contribution in [0.1, 0.15) is 6.92 Å². The Morgan fingerprint density at radius 2 is 1.52 bits per heavy atom. The van der Waals surface area contributed by atoms with E-state index < -0.39 is 0 Å². The van der Waals surface area contributed by atoms with Crippen LogP contribution >= 0.6 is 23.2 Å². The molecule has 4 rings (SSSR count). The van der Waals surface area contributed by atoms with Gasteiger partial charge in [0, 0.05) is 23.3 Å². The second-order valence-corrected chi connectivity index (χ2v) is 6.81. The van der Waals surface area contributed by atoms with Gasteiger partial charge >= 0.3 is 0 Å². The van der Waals surface area contributed by atoms with Crippen LogP contribution in [-0.2, 0) is 4.79 Å². The SMILES string of the molecule is CC(=O)Nc1ccc(Nc2nc3nonc3nc2Nc2cc(Cl)ccc2Cl)cc1. The molecule has 0 aliphatic heterocycles. The highest BCUT2D eigenvalue weighted by Gasteiger charge is 2.15. The van der Waals surface area contributed by atoms with E-state index in [1.54, 1.807) is 42.5 Å². The number of rotatable bonds is 5. The van der Waals surface area contributed by atoms with Crippen molar-refractivity contribution in [3.8, 4) is 0 Å². The van der Waals surface area contributed by atoms with Crippen LogP contribution in [0.3, 0.4) is 0 Å². The summed E-state index contributed by atoms with van der Waals surface area (Å²) in [5.41, 5.74) is 2.41. The second kappa shape index (κ2) is 7.90. The maximum absolute atomic E-state index is 11.2. The van der Waals surface area contributed by atoms with Crippen molar-refractivity contribution in [3.05, 3.63) is 52.5 Å². The minimum Gasteiger partial charge on any atom is -0.337 e. The van der Waals surface area contributed by atoms with Crippen LogP contribution in [0.5, 0.6) is 0 Å². The van der Waals surface area contributed by atoms with E-state index in [1.807, 2.05) is 0 Å². The number of hydrogen-bond donors (Lipinski definition) is 3. The van der Waals surface area contributed by atoms with Crippen molar-refractivity contribution in [1.82, 2.24) is 20.3 Å². The standard InChI is InChI=1S/C18H13Cl2N7O2/c1-9(28)21-11-3-5-12(6-4-11)22-15-16(25-18-17(24-15)26-29-27-18)23-14-8-10(19)2-7-13(14)20/h2-8H,1H3,(H,21,28)(H,22,24,26)(H,23,25,27). The van der Waals surface area contributed by atoms with Crippen LogP contribution in [0, 0.1) is 0 Å². The number of carbonyl (C=O) groups excluding carboxylic acids is 1. The molecule has 3 N–H and O–H groups in total. The van der Waals surface area contributed by atoms with Gasteiger partial charge in [0.15, 0.2) is 11.6 Å². The van der Waals surface area contributed by atoms with Gasteiger partial charge in [0.05, 0.1) is 10.7 Å². The van der Waals surface area contributed by atoms with Gasteiger partial charge in [-0.3, -0.25) is 4.79 Å². The van der Waals surface area contributed by atoms with Crippen molar-refractivity contribution in [2.24, 2.45) is 0 Å². The average molecular weight is 430 g/mol. The summed E-state index contributed by atoms with van der Waals surface area (Å²) in [6, 6.07) is 12.1. The molecule has 0 bridgehead atoms. The molecule has 0 unspecified atom stereocenters. The highest BCUT2D eigenvalue weighted by Crippen LogP contribution is 2.32. The molecule has 2 aromatic carbocycles. The number of amides is 1. The molecular formula is C18H13Cl2N7O2. The fourth-order valence-electron chi connectivity index (χ4n) is 2.51. The Kier molecular flexibility index (Phi) is 5.15. The van der Waals surface area contributed by atoms with Gasteiger partial charge in [0.1, 0.15) is 0 Å². The summed E-state index contributed by atoms with van der Waals surface area (Å²) in [7, 11) is 0. The van der Waals surface area contributed by atoms with Gasteiger partial charge in [0.2, 0.25) is 17.2 Å². The molecular weight excluding hydrogens is 417 g/mol. The number of fused-ring (bicyclic) bond motifs is 1. The number of hydrogen-bond acceptors (Lipinski definition) is 8. The summed E-state index contributed by atoms with van der Waals surface area (Å²) in [5.74, 6) is 0.574. The second-order valence-electron chi connectivity index (χ2n) is 5.96. The van der Waals surface area contributed by atoms with E-state index in [1.165, 1.54) is 6.92 Å². The molecule has 1 amide bonds. The van der Waals surface area contributed by atoms with Gasteiger partial charge in [-0.1, -0.05) is 23.2 Å². The summed E-state index contributed by atoms with van der Waals surface area (Å²) in [5, 5.41) is 17.4. The number of nitrogens with one attached hydrogen (secondary N) is 3. The Balaban J connectivity index is 1.68. The molecule has 4 aromatic rings. The zero-order chi connectivity index (χ0) is 20.4.